The molecule has 0 saturated carbocycles. The van der Waals surface area contributed by atoms with Crippen molar-refractivity contribution in [1.82, 2.24) is 0 Å². The van der Waals surface area contributed by atoms with E-state index in [0.29, 0.717) is 0 Å². The van der Waals surface area contributed by atoms with Crippen LogP contribution in [0.5, 0.6) is 0 Å². The van der Waals surface area contributed by atoms with Gasteiger partial charge in [-0.2, -0.15) is 0 Å². The summed E-state index contributed by atoms with van der Waals surface area (Å²) in [5.74, 6) is 0. The highest BCUT2D eigenvalue weighted by atomic mass is 79.9. The van der Waals surface area contributed by atoms with Crippen LogP contribution in [0.2, 0.25) is 0 Å². The van der Waals surface area contributed by atoms with Gasteiger partial charge in [0.1, 0.15) is 0 Å². The normalized spacial score (nSPS) is 27.2. The van der Waals surface area contributed by atoms with Crippen molar-refractivity contribution in [2.45, 2.75) is 25.3 Å². The first-order chi connectivity index (χ1) is 5.61. The Balaban J connectivity index is 2.64. The summed E-state index contributed by atoms with van der Waals surface area (Å²) in [7, 11) is 0. The van der Waals surface area contributed by atoms with Crippen molar-refractivity contribution >= 4 is 15.9 Å². The number of nitrogens with two attached hydrogens (primary N) is 1. The van der Waals surface area contributed by atoms with E-state index in [4.69, 9.17) is 5.73 Å². The fourth-order valence-corrected chi connectivity index (χ4v) is 2.80. The van der Waals surface area contributed by atoms with E-state index in [2.05, 4.69) is 41.1 Å². The summed E-state index contributed by atoms with van der Waals surface area (Å²) < 4.78 is 1.16. The minimum Gasteiger partial charge on any atom is -0.322 e. The number of fused-ring (bicyclic) bond motifs is 1. The fraction of sp³-hybridized carbons (Fsp3) is 0.400. The molecule has 1 unspecified atom stereocenters. The highest BCUT2D eigenvalue weighted by molar-refractivity contribution is 9.10. The highest BCUT2D eigenvalue weighted by Crippen LogP contribution is 2.38. The second-order valence-corrected chi connectivity index (χ2v) is 4.55. The van der Waals surface area contributed by atoms with Crippen molar-refractivity contribution in [2.24, 2.45) is 5.73 Å². The number of rotatable bonds is 0. The molecule has 0 aliphatic heterocycles. The van der Waals surface area contributed by atoms with Gasteiger partial charge < -0.3 is 5.73 Å². The van der Waals surface area contributed by atoms with Gasteiger partial charge in [0, 0.05) is 10.0 Å². The summed E-state index contributed by atoms with van der Waals surface area (Å²) in [6.45, 7) is 2.10. The number of aryl methyl sites for hydroxylation is 1. The molecule has 12 heavy (non-hydrogen) atoms. The molecule has 0 saturated heterocycles. The summed E-state index contributed by atoms with van der Waals surface area (Å²) in [6, 6.07) is 6.30. The number of halogens is 1. The zero-order valence-corrected chi connectivity index (χ0v) is 8.69. The van der Waals surface area contributed by atoms with Crippen molar-refractivity contribution in [1.29, 1.82) is 0 Å². The van der Waals surface area contributed by atoms with E-state index in [0.717, 1.165) is 17.3 Å². The molecule has 0 aromatic heterocycles. The van der Waals surface area contributed by atoms with Gasteiger partial charge in [0.05, 0.1) is 0 Å². The molecule has 64 valence electrons. The van der Waals surface area contributed by atoms with Crippen LogP contribution in [-0.2, 0) is 12.0 Å². The molecule has 2 N–H and O–H groups in total. The summed E-state index contributed by atoms with van der Waals surface area (Å²) in [4.78, 5) is 0. The topological polar surface area (TPSA) is 26.0 Å². The van der Waals surface area contributed by atoms with Gasteiger partial charge in [-0.15, -0.1) is 0 Å². The van der Waals surface area contributed by atoms with Crippen LogP contribution in [-0.4, -0.2) is 0 Å². The Bertz CT molecular complexity index is 318. The first-order valence-electron chi connectivity index (χ1n) is 4.18. The second kappa shape index (κ2) is 2.57. The summed E-state index contributed by atoms with van der Waals surface area (Å²) in [5.41, 5.74) is 8.72. The maximum atomic E-state index is 6.16. The van der Waals surface area contributed by atoms with E-state index in [1.165, 1.54) is 11.1 Å². The van der Waals surface area contributed by atoms with Crippen LogP contribution in [0.4, 0.5) is 0 Å². The fourth-order valence-electron chi connectivity index (χ4n) is 1.94. The molecule has 1 aromatic carbocycles. The molecule has 1 aliphatic rings. The maximum Gasteiger partial charge on any atom is 0.0398 e. The third-order valence-corrected chi connectivity index (χ3v) is 3.25. The number of benzene rings is 1. The van der Waals surface area contributed by atoms with Gasteiger partial charge in [0.2, 0.25) is 0 Å². The number of hydrogen-bond donors (Lipinski definition) is 1. The lowest BCUT2D eigenvalue weighted by Crippen LogP contribution is -2.30. The van der Waals surface area contributed by atoms with Gasteiger partial charge in [0.25, 0.3) is 0 Å². The molecular weight excluding hydrogens is 214 g/mol. The average molecular weight is 226 g/mol. The van der Waals surface area contributed by atoms with E-state index in [-0.39, 0.29) is 5.54 Å². The zero-order chi connectivity index (χ0) is 8.77. The molecule has 1 atom stereocenters. The van der Waals surface area contributed by atoms with Crippen molar-refractivity contribution in [3.05, 3.63) is 33.8 Å². The van der Waals surface area contributed by atoms with E-state index in [1.54, 1.807) is 0 Å². The van der Waals surface area contributed by atoms with Crippen LogP contribution in [0, 0.1) is 0 Å². The Morgan fingerprint density at radius 1 is 1.50 bits per heavy atom. The van der Waals surface area contributed by atoms with Crippen molar-refractivity contribution < 1.29 is 0 Å². The molecule has 2 heteroatoms. The minimum absolute atomic E-state index is 0.130. The molecule has 1 nitrogen and oxygen atoms in total. The zero-order valence-electron chi connectivity index (χ0n) is 7.10. The van der Waals surface area contributed by atoms with Crippen LogP contribution in [0.3, 0.4) is 0 Å². The molecule has 1 aromatic rings. The molecule has 2 rings (SSSR count). The lowest BCUT2D eigenvalue weighted by Gasteiger charge is -2.20. The monoisotopic (exact) mass is 225 g/mol. The lowest BCUT2D eigenvalue weighted by molar-refractivity contribution is 0.490. The Labute approximate surface area is 81.1 Å². The summed E-state index contributed by atoms with van der Waals surface area (Å²) in [6.07, 6.45) is 2.17. The molecule has 0 heterocycles. The molecule has 0 amide bonds. The quantitative estimate of drug-likeness (QED) is 0.722. The van der Waals surface area contributed by atoms with E-state index in [9.17, 15) is 0 Å². The SMILES string of the molecule is CC1(N)CCc2cccc(Br)c21. The predicted molar refractivity (Wildman–Crippen MR) is 54.0 cm³/mol. The van der Waals surface area contributed by atoms with Crippen LogP contribution < -0.4 is 5.73 Å². The molecule has 0 spiro atoms. The van der Waals surface area contributed by atoms with Gasteiger partial charge in [-0.25, -0.2) is 0 Å². The van der Waals surface area contributed by atoms with Crippen LogP contribution in [0.25, 0.3) is 0 Å². The van der Waals surface area contributed by atoms with E-state index >= 15 is 0 Å². The molecule has 1 aliphatic carbocycles. The lowest BCUT2D eigenvalue weighted by atomic mass is 9.96. The molecule has 0 radical (unpaired) electrons. The molecular formula is C10H12BrN. The van der Waals surface area contributed by atoms with Gasteiger partial charge >= 0.3 is 0 Å². The smallest absolute Gasteiger partial charge is 0.0398 e. The molecule has 0 fully saturated rings. The van der Waals surface area contributed by atoms with Gasteiger partial charge in [-0.3, -0.25) is 0 Å². The Hall–Kier alpha value is -0.340. The summed E-state index contributed by atoms with van der Waals surface area (Å²) >= 11 is 3.54. The van der Waals surface area contributed by atoms with Gasteiger partial charge in [-0.05, 0) is 37.0 Å². The summed E-state index contributed by atoms with van der Waals surface area (Å²) in [5, 5.41) is 0. The third kappa shape index (κ3) is 1.10. The predicted octanol–water partition coefficient (Wildman–Crippen LogP) is 2.57. The average Bonchev–Trinajstić information content (AvgIpc) is 2.29. The first-order valence-corrected chi connectivity index (χ1v) is 4.97. The van der Waals surface area contributed by atoms with Crippen molar-refractivity contribution in [3.63, 3.8) is 0 Å². The standard InChI is InChI=1S/C10H12BrN/c1-10(12)6-5-7-3-2-4-8(11)9(7)10/h2-4H,5-6,12H2,1H3. The van der Waals surface area contributed by atoms with Gasteiger partial charge in [-0.1, -0.05) is 28.1 Å². The van der Waals surface area contributed by atoms with Crippen LogP contribution in [0.15, 0.2) is 22.7 Å². The van der Waals surface area contributed by atoms with Gasteiger partial charge in [0.15, 0.2) is 0 Å². The third-order valence-electron chi connectivity index (χ3n) is 2.58. The van der Waals surface area contributed by atoms with Crippen molar-refractivity contribution in [3.8, 4) is 0 Å². The largest absolute Gasteiger partial charge is 0.322 e. The first kappa shape index (κ1) is 8.27. The van der Waals surface area contributed by atoms with E-state index < -0.39 is 0 Å². The second-order valence-electron chi connectivity index (χ2n) is 3.69. The van der Waals surface area contributed by atoms with Crippen molar-refractivity contribution in [2.75, 3.05) is 0 Å². The number of hydrogen-bond acceptors (Lipinski definition) is 1. The Kier molecular flexibility index (Phi) is 1.77. The maximum absolute atomic E-state index is 6.16. The minimum atomic E-state index is -0.130. The Morgan fingerprint density at radius 3 is 2.92 bits per heavy atom. The van der Waals surface area contributed by atoms with Crippen LogP contribution >= 0.6 is 15.9 Å². The van der Waals surface area contributed by atoms with E-state index in [1.807, 2.05) is 0 Å². The Morgan fingerprint density at radius 2 is 2.25 bits per heavy atom. The van der Waals surface area contributed by atoms with Crippen LogP contribution in [0.1, 0.15) is 24.5 Å². The molecule has 0 bridgehead atoms. The highest BCUT2D eigenvalue weighted by Gasteiger charge is 2.31.